The number of nitrogens with zero attached hydrogens (tertiary/aromatic N) is 2. The van der Waals surface area contributed by atoms with Gasteiger partial charge in [0.25, 0.3) is 0 Å². The number of aromatic nitrogens is 2. The topological polar surface area (TPSA) is 64.9 Å². The van der Waals surface area contributed by atoms with Gasteiger partial charge in [-0.3, -0.25) is 4.98 Å². The van der Waals surface area contributed by atoms with Crippen LogP contribution in [-0.4, -0.2) is 9.97 Å². The van der Waals surface area contributed by atoms with Crippen molar-refractivity contribution in [3.63, 3.8) is 0 Å². The Bertz CT molecular complexity index is 632. The molecule has 0 aliphatic carbocycles. The lowest BCUT2D eigenvalue weighted by Gasteiger charge is -2.00. The van der Waals surface area contributed by atoms with Gasteiger partial charge in [-0.1, -0.05) is 6.07 Å². The van der Waals surface area contributed by atoms with Crippen LogP contribution < -0.4 is 5.73 Å². The van der Waals surface area contributed by atoms with Crippen molar-refractivity contribution in [2.75, 3.05) is 5.73 Å². The number of hydrogen-bond donors (Lipinski definition) is 1. The van der Waals surface area contributed by atoms with Gasteiger partial charge in [0.15, 0.2) is 0 Å². The van der Waals surface area contributed by atoms with Crippen molar-refractivity contribution >= 4 is 16.9 Å². The number of furan rings is 1. The zero-order valence-electron chi connectivity index (χ0n) is 8.42. The Balaban J connectivity index is 2.20. The summed E-state index contributed by atoms with van der Waals surface area (Å²) in [7, 11) is 0. The lowest BCUT2D eigenvalue weighted by molar-refractivity contribution is 0.568. The fraction of sp³-hybridized carbons (Fsp3) is 0. The van der Waals surface area contributed by atoms with Crippen molar-refractivity contribution in [3.05, 3.63) is 43.0 Å². The normalized spacial score (nSPS) is 10.8. The second-order valence-electron chi connectivity index (χ2n) is 3.51. The molecular weight excluding hydrogens is 202 g/mol. The minimum absolute atomic E-state index is 0.434. The molecule has 3 aromatic rings. The first-order valence-electron chi connectivity index (χ1n) is 4.88. The molecule has 2 heterocycles. The van der Waals surface area contributed by atoms with Crippen molar-refractivity contribution in [1.29, 1.82) is 0 Å². The minimum atomic E-state index is 0.434. The van der Waals surface area contributed by atoms with Gasteiger partial charge < -0.3 is 10.2 Å². The van der Waals surface area contributed by atoms with E-state index in [-0.39, 0.29) is 0 Å². The molecule has 0 radical (unpaired) electrons. The van der Waals surface area contributed by atoms with Gasteiger partial charge in [-0.05, 0) is 23.8 Å². The molecule has 2 aromatic heterocycles. The maximum absolute atomic E-state index is 5.57. The molecule has 0 atom stereocenters. The molecule has 0 saturated carbocycles. The lowest BCUT2D eigenvalue weighted by atomic mass is 10.1. The van der Waals surface area contributed by atoms with Crippen LogP contribution >= 0.6 is 0 Å². The third-order valence-electron chi connectivity index (χ3n) is 2.42. The van der Waals surface area contributed by atoms with Gasteiger partial charge >= 0.3 is 0 Å². The Morgan fingerprint density at radius 3 is 2.81 bits per heavy atom. The van der Waals surface area contributed by atoms with E-state index in [0.717, 1.165) is 22.2 Å². The summed E-state index contributed by atoms with van der Waals surface area (Å²) in [6.45, 7) is 0. The molecular formula is C12H9N3O. The summed E-state index contributed by atoms with van der Waals surface area (Å²) in [5.41, 5.74) is 9.28. The summed E-state index contributed by atoms with van der Waals surface area (Å²) in [4.78, 5) is 8.42. The highest BCUT2D eigenvalue weighted by Crippen LogP contribution is 2.23. The van der Waals surface area contributed by atoms with Gasteiger partial charge in [-0.2, -0.15) is 0 Å². The van der Waals surface area contributed by atoms with Crippen LogP contribution in [0.4, 0.5) is 5.82 Å². The van der Waals surface area contributed by atoms with Crippen LogP contribution in [0.3, 0.4) is 0 Å². The van der Waals surface area contributed by atoms with Gasteiger partial charge in [0.2, 0.25) is 0 Å². The Labute approximate surface area is 91.7 Å². The number of anilines is 1. The van der Waals surface area contributed by atoms with Gasteiger partial charge in [-0.25, -0.2) is 4.98 Å². The van der Waals surface area contributed by atoms with Crippen LogP contribution in [0.15, 0.2) is 47.4 Å². The number of rotatable bonds is 1. The van der Waals surface area contributed by atoms with Crippen LogP contribution in [0.5, 0.6) is 0 Å². The monoisotopic (exact) mass is 211 g/mol. The van der Waals surface area contributed by atoms with Crippen LogP contribution in [0.1, 0.15) is 0 Å². The van der Waals surface area contributed by atoms with Gasteiger partial charge in [-0.15, -0.1) is 0 Å². The van der Waals surface area contributed by atoms with E-state index in [0.29, 0.717) is 5.82 Å². The molecule has 0 spiro atoms. The number of fused-ring (bicyclic) bond motifs is 1. The average molecular weight is 211 g/mol. The Morgan fingerprint density at radius 2 is 2.00 bits per heavy atom. The zero-order chi connectivity index (χ0) is 11.0. The predicted molar refractivity (Wildman–Crippen MR) is 61.7 cm³/mol. The van der Waals surface area contributed by atoms with E-state index >= 15 is 0 Å². The maximum Gasteiger partial charge on any atom is 0.142 e. The molecule has 0 bridgehead atoms. The summed E-state index contributed by atoms with van der Waals surface area (Å²) in [5.74, 6) is 0.434. The van der Waals surface area contributed by atoms with Crippen LogP contribution in [-0.2, 0) is 0 Å². The van der Waals surface area contributed by atoms with Crippen molar-refractivity contribution in [2.24, 2.45) is 0 Å². The molecule has 0 aliphatic heterocycles. The summed E-state index contributed by atoms with van der Waals surface area (Å²) >= 11 is 0. The van der Waals surface area contributed by atoms with Crippen molar-refractivity contribution in [2.45, 2.75) is 0 Å². The first-order valence-corrected chi connectivity index (χ1v) is 4.88. The highest BCUT2D eigenvalue weighted by molar-refractivity contribution is 5.81. The summed E-state index contributed by atoms with van der Waals surface area (Å²) in [6, 6.07) is 7.75. The molecule has 78 valence electrons. The molecule has 16 heavy (non-hydrogen) atoms. The molecule has 1 aromatic carbocycles. The maximum atomic E-state index is 5.57. The molecule has 3 rings (SSSR count). The predicted octanol–water partition coefficient (Wildman–Crippen LogP) is 2.47. The molecule has 0 aliphatic rings. The standard InChI is InChI=1S/C12H9N3O/c13-12-6-14-11-5-8(1-2-10(11)15-12)9-3-4-16-7-9/h1-7H,(H2,13,15). The van der Waals surface area contributed by atoms with E-state index in [2.05, 4.69) is 9.97 Å². The zero-order valence-corrected chi connectivity index (χ0v) is 8.42. The number of benzene rings is 1. The Kier molecular flexibility index (Phi) is 1.86. The second-order valence-corrected chi connectivity index (χ2v) is 3.51. The smallest absolute Gasteiger partial charge is 0.142 e. The molecule has 0 unspecified atom stereocenters. The molecule has 0 amide bonds. The molecule has 4 nitrogen and oxygen atoms in total. The fourth-order valence-electron chi connectivity index (χ4n) is 1.63. The molecule has 2 N–H and O–H groups in total. The SMILES string of the molecule is Nc1cnc2cc(-c3ccoc3)ccc2n1. The van der Waals surface area contributed by atoms with Gasteiger partial charge in [0.1, 0.15) is 5.82 Å². The average Bonchev–Trinajstić information content (AvgIpc) is 2.82. The third kappa shape index (κ3) is 1.40. The van der Waals surface area contributed by atoms with Crippen LogP contribution in [0.25, 0.3) is 22.2 Å². The quantitative estimate of drug-likeness (QED) is 0.671. The van der Waals surface area contributed by atoms with E-state index in [9.17, 15) is 0 Å². The van der Waals surface area contributed by atoms with E-state index in [4.69, 9.17) is 10.2 Å². The van der Waals surface area contributed by atoms with Crippen molar-refractivity contribution < 1.29 is 4.42 Å². The lowest BCUT2D eigenvalue weighted by Crippen LogP contribution is -1.92. The summed E-state index contributed by atoms with van der Waals surface area (Å²) < 4.78 is 5.04. The minimum Gasteiger partial charge on any atom is -0.472 e. The van der Waals surface area contributed by atoms with Gasteiger partial charge in [0, 0.05) is 5.56 Å². The fourth-order valence-corrected chi connectivity index (χ4v) is 1.63. The first-order chi connectivity index (χ1) is 7.83. The Hall–Kier alpha value is -2.36. The molecule has 4 heteroatoms. The number of nitrogen functional groups attached to an aromatic ring is 1. The van der Waals surface area contributed by atoms with Crippen LogP contribution in [0.2, 0.25) is 0 Å². The highest BCUT2D eigenvalue weighted by Gasteiger charge is 2.02. The van der Waals surface area contributed by atoms with Crippen LogP contribution in [0, 0.1) is 0 Å². The number of hydrogen-bond acceptors (Lipinski definition) is 4. The highest BCUT2D eigenvalue weighted by atomic mass is 16.3. The second kappa shape index (κ2) is 3.34. The first kappa shape index (κ1) is 8.91. The van der Waals surface area contributed by atoms with Crippen molar-refractivity contribution in [3.8, 4) is 11.1 Å². The van der Waals surface area contributed by atoms with E-state index in [1.165, 1.54) is 0 Å². The third-order valence-corrected chi connectivity index (χ3v) is 2.42. The summed E-state index contributed by atoms with van der Waals surface area (Å²) in [6.07, 6.45) is 4.90. The van der Waals surface area contributed by atoms with E-state index in [1.54, 1.807) is 18.7 Å². The molecule has 0 saturated heterocycles. The molecule has 0 fully saturated rings. The van der Waals surface area contributed by atoms with E-state index < -0.39 is 0 Å². The number of nitrogens with two attached hydrogens (primary N) is 1. The summed E-state index contributed by atoms with van der Waals surface area (Å²) in [5, 5.41) is 0. The van der Waals surface area contributed by atoms with Crippen molar-refractivity contribution in [1.82, 2.24) is 9.97 Å². The van der Waals surface area contributed by atoms with Gasteiger partial charge in [0.05, 0.1) is 29.8 Å². The Morgan fingerprint density at radius 1 is 1.06 bits per heavy atom. The van der Waals surface area contributed by atoms with E-state index in [1.807, 2.05) is 24.3 Å². The largest absolute Gasteiger partial charge is 0.472 e.